The van der Waals surface area contributed by atoms with E-state index in [1.807, 2.05) is 13.8 Å². The molecule has 1 N–H and O–H groups in total. The maximum atomic E-state index is 12.2. The second-order valence-corrected chi connectivity index (χ2v) is 10.4. The molecule has 0 radical (unpaired) electrons. The first-order valence-corrected chi connectivity index (χ1v) is 12.5. The van der Waals surface area contributed by atoms with E-state index in [0.29, 0.717) is 41.5 Å². The van der Waals surface area contributed by atoms with Crippen molar-refractivity contribution in [3.63, 3.8) is 0 Å². The fourth-order valence-electron chi connectivity index (χ4n) is 4.24. The average molecular weight is 465 g/mol. The molecule has 0 saturated carbocycles. The van der Waals surface area contributed by atoms with Gasteiger partial charge in [0.05, 0.1) is 21.7 Å². The number of piperidine rings is 1. The molecule has 1 aliphatic rings. The number of benzene rings is 1. The molecule has 9 heteroatoms. The summed E-state index contributed by atoms with van der Waals surface area (Å²) in [6, 6.07) is 5.04. The van der Waals surface area contributed by atoms with Gasteiger partial charge in [-0.15, -0.1) is 0 Å². The summed E-state index contributed by atoms with van der Waals surface area (Å²) in [7, 11) is -3.21. The number of carbonyl (C=O) groups is 1. The number of likely N-dealkylation sites (tertiary alicyclic amines) is 1. The Hall–Kier alpha value is -0.860. The molecule has 1 fully saturated rings. The van der Waals surface area contributed by atoms with Crippen LogP contribution in [0.15, 0.2) is 18.2 Å². The van der Waals surface area contributed by atoms with Crippen molar-refractivity contribution >= 4 is 39.2 Å². The molecule has 1 atom stereocenters. The van der Waals surface area contributed by atoms with Crippen LogP contribution < -0.4 is 0 Å². The van der Waals surface area contributed by atoms with Gasteiger partial charge in [-0.2, -0.15) is 4.31 Å². The van der Waals surface area contributed by atoms with Crippen LogP contribution in [-0.2, 0) is 20.2 Å². The molecule has 1 heterocycles. The smallest absolute Gasteiger partial charge is 0.314 e. The maximum absolute atomic E-state index is 12.2. The molecule has 2 rings (SSSR count). The predicted molar refractivity (Wildman–Crippen MR) is 117 cm³/mol. The summed E-state index contributed by atoms with van der Waals surface area (Å²) in [5, 5.41) is 10.8. The van der Waals surface area contributed by atoms with Crippen LogP contribution in [0.5, 0.6) is 0 Å². The Morgan fingerprint density at radius 1 is 1.24 bits per heavy atom. The van der Waals surface area contributed by atoms with E-state index in [1.54, 1.807) is 22.5 Å². The third-order valence-electron chi connectivity index (χ3n) is 6.04. The molecular weight excluding hydrogens is 435 g/mol. The van der Waals surface area contributed by atoms with Gasteiger partial charge in [0.15, 0.2) is 0 Å². The van der Waals surface area contributed by atoms with Gasteiger partial charge >= 0.3 is 5.97 Å². The Bertz CT molecular complexity index is 826. The zero-order chi connectivity index (χ0) is 21.8. The molecule has 0 aliphatic carbocycles. The van der Waals surface area contributed by atoms with E-state index in [2.05, 4.69) is 4.90 Å². The van der Waals surface area contributed by atoms with Crippen LogP contribution in [0.2, 0.25) is 10.0 Å². The van der Waals surface area contributed by atoms with Gasteiger partial charge in [-0.3, -0.25) is 4.79 Å². The Morgan fingerprint density at radius 3 is 2.31 bits per heavy atom. The highest BCUT2D eigenvalue weighted by Crippen LogP contribution is 2.36. The van der Waals surface area contributed by atoms with Crippen molar-refractivity contribution in [2.45, 2.75) is 51.0 Å². The summed E-state index contributed by atoms with van der Waals surface area (Å²) in [5.41, 5.74) is -0.376. The van der Waals surface area contributed by atoms with Crippen LogP contribution in [0.25, 0.3) is 0 Å². The minimum atomic E-state index is -3.21. The Balaban J connectivity index is 2.08. The molecule has 29 heavy (non-hydrogen) atoms. The fourth-order valence-corrected chi connectivity index (χ4v) is 5.76. The molecule has 0 amide bonds. The van der Waals surface area contributed by atoms with E-state index in [0.717, 1.165) is 25.9 Å². The van der Waals surface area contributed by atoms with E-state index in [4.69, 9.17) is 23.2 Å². The second-order valence-electron chi connectivity index (χ2n) is 7.66. The Kier molecular flexibility index (Phi) is 8.39. The highest BCUT2D eigenvalue weighted by Gasteiger charge is 2.39. The third-order valence-corrected chi connectivity index (χ3v) is 8.19. The Morgan fingerprint density at radius 2 is 1.86 bits per heavy atom. The second kappa shape index (κ2) is 9.96. The number of sulfonamides is 1. The summed E-state index contributed by atoms with van der Waals surface area (Å²) in [4.78, 5) is 14.5. The van der Waals surface area contributed by atoms with Crippen molar-refractivity contribution in [1.82, 2.24) is 9.21 Å². The number of carboxylic acids is 1. The molecule has 164 valence electrons. The topological polar surface area (TPSA) is 77.9 Å². The standard InChI is InChI=1S/C20H30Cl2N2O4S/c1-4-20(19(25)26,15-6-7-17(21)18(22)14-15)10-13-23-11-8-16(9-12-23)24(5-2)29(3,27)28/h6-7,14,16H,4-5,8-13H2,1-3H3,(H,25,26). The molecule has 1 unspecified atom stereocenters. The van der Waals surface area contributed by atoms with Crippen molar-refractivity contribution in [3.8, 4) is 0 Å². The zero-order valence-electron chi connectivity index (χ0n) is 17.2. The maximum Gasteiger partial charge on any atom is 0.314 e. The van der Waals surface area contributed by atoms with Gasteiger partial charge in [0, 0.05) is 12.6 Å². The average Bonchev–Trinajstić information content (AvgIpc) is 2.65. The van der Waals surface area contributed by atoms with Gasteiger partial charge in [-0.25, -0.2) is 8.42 Å². The van der Waals surface area contributed by atoms with Gasteiger partial charge < -0.3 is 10.0 Å². The Labute approximate surface area is 183 Å². The molecule has 6 nitrogen and oxygen atoms in total. The van der Waals surface area contributed by atoms with Gasteiger partial charge in [0.25, 0.3) is 0 Å². The lowest BCUT2D eigenvalue weighted by molar-refractivity contribution is -0.144. The summed E-state index contributed by atoms with van der Waals surface area (Å²) >= 11 is 12.1. The van der Waals surface area contributed by atoms with E-state index in [9.17, 15) is 18.3 Å². The van der Waals surface area contributed by atoms with Crippen LogP contribution in [0.1, 0.15) is 45.1 Å². The third kappa shape index (κ3) is 5.64. The van der Waals surface area contributed by atoms with Crippen LogP contribution in [0.4, 0.5) is 0 Å². The number of hydrogen-bond donors (Lipinski definition) is 1. The van der Waals surface area contributed by atoms with Crippen molar-refractivity contribution in [3.05, 3.63) is 33.8 Å². The molecule has 0 spiro atoms. The largest absolute Gasteiger partial charge is 0.481 e. The highest BCUT2D eigenvalue weighted by atomic mass is 35.5. The number of hydrogen-bond acceptors (Lipinski definition) is 4. The summed E-state index contributed by atoms with van der Waals surface area (Å²) in [5.74, 6) is -0.873. The summed E-state index contributed by atoms with van der Waals surface area (Å²) in [6.45, 7) is 6.31. The minimum absolute atomic E-state index is 0.0109. The van der Waals surface area contributed by atoms with Crippen molar-refractivity contribution < 1.29 is 18.3 Å². The van der Waals surface area contributed by atoms with Gasteiger partial charge in [0.1, 0.15) is 0 Å². The zero-order valence-corrected chi connectivity index (χ0v) is 19.5. The van der Waals surface area contributed by atoms with E-state index < -0.39 is 21.4 Å². The minimum Gasteiger partial charge on any atom is -0.481 e. The lowest BCUT2D eigenvalue weighted by atomic mass is 9.75. The summed E-state index contributed by atoms with van der Waals surface area (Å²) < 4.78 is 25.5. The number of aliphatic carboxylic acids is 1. The van der Waals surface area contributed by atoms with Gasteiger partial charge in [-0.05, 0) is 63.0 Å². The van der Waals surface area contributed by atoms with Crippen molar-refractivity contribution in [1.29, 1.82) is 0 Å². The van der Waals surface area contributed by atoms with Crippen LogP contribution in [0.3, 0.4) is 0 Å². The van der Waals surface area contributed by atoms with Crippen LogP contribution >= 0.6 is 23.2 Å². The molecule has 0 bridgehead atoms. The first-order valence-electron chi connectivity index (χ1n) is 9.93. The normalized spacial score (nSPS) is 18.7. The predicted octanol–water partition coefficient (Wildman–Crippen LogP) is 3.86. The fraction of sp³-hybridized carbons (Fsp3) is 0.650. The van der Waals surface area contributed by atoms with Gasteiger partial charge in [0.2, 0.25) is 10.0 Å². The molecule has 1 aliphatic heterocycles. The molecule has 1 aromatic carbocycles. The lowest BCUT2D eigenvalue weighted by Gasteiger charge is -2.38. The lowest BCUT2D eigenvalue weighted by Crippen LogP contribution is -2.48. The SMILES string of the molecule is CCN(C1CCN(CCC(CC)(C(=O)O)c2ccc(Cl)c(Cl)c2)CC1)S(C)(=O)=O. The van der Waals surface area contributed by atoms with E-state index in [-0.39, 0.29) is 6.04 Å². The summed E-state index contributed by atoms with van der Waals surface area (Å²) in [6.07, 6.45) is 3.64. The van der Waals surface area contributed by atoms with Crippen LogP contribution in [0, 0.1) is 0 Å². The van der Waals surface area contributed by atoms with Gasteiger partial charge in [-0.1, -0.05) is 43.1 Å². The van der Waals surface area contributed by atoms with Crippen LogP contribution in [-0.4, -0.2) is 67.2 Å². The molecular formula is C20H30Cl2N2O4S. The molecule has 1 aromatic rings. The number of rotatable bonds is 9. The quantitative estimate of drug-likeness (QED) is 0.599. The first kappa shape index (κ1) is 24.4. The van der Waals surface area contributed by atoms with E-state index in [1.165, 1.54) is 6.26 Å². The van der Waals surface area contributed by atoms with Crippen molar-refractivity contribution in [2.24, 2.45) is 0 Å². The first-order chi connectivity index (χ1) is 13.5. The molecule has 0 aromatic heterocycles. The number of nitrogens with zero attached hydrogens (tertiary/aromatic N) is 2. The highest BCUT2D eigenvalue weighted by molar-refractivity contribution is 7.88. The van der Waals surface area contributed by atoms with Crippen molar-refractivity contribution in [2.75, 3.05) is 32.4 Å². The van der Waals surface area contributed by atoms with E-state index >= 15 is 0 Å². The number of carboxylic acid groups (broad SMARTS) is 1. The monoisotopic (exact) mass is 464 g/mol. The molecule has 1 saturated heterocycles. The number of halogens is 2.